The minimum absolute atomic E-state index is 0.0583. The Morgan fingerprint density at radius 3 is 3.20 bits per heavy atom. The monoisotopic (exact) mass is 273 g/mol. The molecule has 3 rings (SSSR count). The molecule has 106 valence electrons. The lowest BCUT2D eigenvalue weighted by Gasteiger charge is -2.21. The number of hydrogen-bond acceptors (Lipinski definition) is 4. The number of amides is 1. The van der Waals surface area contributed by atoms with Crippen LogP contribution >= 0.6 is 0 Å². The van der Waals surface area contributed by atoms with Crippen LogP contribution in [0.4, 0.5) is 5.69 Å². The minimum atomic E-state index is 0.0583. The maximum absolute atomic E-state index is 12.2. The van der Waals surface area contributed by atoms with Crippen LogP contribution < -0.4 is 10.6 Å². The van der Waals surface area contributed by atoms with Crippen molar-refractivity contribution in [3.05, 3.63) is 24.1 Å². The molecule has 0 saturated carbocycles. The average molecular weight is 273 g/mol. The molecule has 0 bridgehead atoms. The molecule has 2 heterocycles. The van der Waals surface area contributed by atoms with E-state index in [1.807, 2.05) is 25.1 Å². The van der Waals surface area contributed by atoms with E-state index in [4.69, 9.17) is 4.42 Å². The predicted octanol–water partition coefficient (Wildman–Crippen LogP) is 2.33. The van der Waals surface area contributed by atoms with Gasteiger partial charge in [-0.15, -0.1) is 0 Å². The summed E-state index contributed by atoms with van der Waals surface area (Å²) >= 11 is 0. The lowest BCUT2D eigenvalue weighted by Crippen LogP contribution is -2.37. The number of anilines is 1. The van der Waals surface area contributed by atoms with Crippen molar-refractivity contribution in [2.24, 2.45) is 5.92 Å². The maximum Gasteiger partial charge on any atom is 0.228 e. The Hall–Kier alpha value is -1.88. The smallest absolute Gasteiger partial charge is 0.228 e. The van der Waals surface area contributed by atoms with Gasteiger partial charge in [0.2, 0.25) is 5.91 Å². The van der Waals surface area contributed by atoms with Gasteiger partial charge in [-0.25, -0.2) is 4.98 Å². The first-order valence-corrected chi connectivity index (χ1v) is 7.17. The number of piperidine rings is 1. The van der Waals surface area contributed by atoms with E-state index in [0.717, 1.165) is 55.0 Å². The first-order chi connectivity index (χ1) is 9.76. The molecule has 0 radical (unpaired) electrons. The maximum atomic E-state index is 12.2. The first-order valence-electron chi connectivity index (χ1n) is 7.17. The third kappa shape index (κ3) is 2.67. The number of aryl methyl sites for hydroxylation is 1. The highest BCUT2D eigenvalue weighted by atomic mass is 16.3. The van der Waals surface area contributed by atoms with Crippen molar-refractivity contribution < 1.29 is 9.21 Å². The van der Waals surface area contributed by atoms with Gasteiger partial charge in [-0.3, -0.25) is 4.79 Å². The van der Waals surface area contributed by atoms with Crippen LogP contribution in [0.1, 0.15) is 25.7 Å². The molecule has 0 spiro atoms. The Balaban J connectivity index is 1.74. The topological polar surface area (TPSA) is 67.2 Å². The van der Waals surface area contributed by atoms with Gasteiger partial charge in [0.25, 0.3) is 0 Å². The summed E-state index contributed by atoms with van der Waals surface area (Å²) in [5.74, 6) is 0.860. The molecule has 1 saturated heterocycles. The van der Waals surface area contributed by atoms with Crippen LogP contribution in [0.15, 0.2) is 22.6 Å². The Bertz CT molecular complexity index is 615. The van der Waals surface area contributed by atoms with Crippen molar-refractivity contribution >= 4 is 22.7 Å². The van der Waals surface area contributed by atoms with Gasteiger partial charge in [0.15, 0.2) is 11.5 Å². The molecule has 2 aromatic rings. The lowest BCUT2D eigenvalue weighted by molar-refractivity contribution is -0.120. The number of carbonyl (C=O) groups excluding carboxylic acids is 1. The van der Waals surface area contributed by atoms with Gasteiger partial charge < -0.3 is 15.1 Å². The van der Waals surface area contributed by atoms with Crippen LogP contribution in [0, 0.1) is 5.92 Å². The van der Waals surface area contributed by atoms with E-state index >= 15 is 0 Å². The number of rotatable bonds is 3. The van der Waals surface area contributed by atoms with Crippen LogP contribution in [-0.4, -0.2) is 24.0 Å². The Labute approximate surface area is 117 Å². The van der Waals surface area contributed by atoms with Crippen molar-refractivity contribution in [3.63, 3.8) is 0 Å². The van der Waals surface area contributed by atoms with E-state index in [2.05, 4.69) is 15.6 Å². The summed E-state index contributed by atoms with van der Waals surface area (Å²) in [5.41, 5.74) is 2.34. The summed E-state index contributed by atoms with van der Waals surface area (Å²) in [4.78, 5) is 16.6. The Morgan fingerprint density at radius 2 is 2.45 bits per heavy atom. The lowest BCUT2D eigenvalue weighted by atomic mass is 9.99. The van der Waals surface area contributed by atoms with Crippen molar-refractivity contribution in [3.8, 4) is 0 Å². The Morgan fingerprint density at radius 1 is 1.55 bits per heavy atom. The highest BCUT2D eigenvalue weighted by Crippen LogP contribution is 2.21. The largest absolute Gasteiger partial charge is 0.441 e. The molecule has 5 nitrogen and oxygen atoms in total. The summed E-state index contributed by atoms with van der Waals surface area (Å²) in [7, 11) is 0. The fourth-order valence-electron chi connectivity index (χ4n) is 2.52. The summed E-state index contributed by atoms with van der Waals surface area (Å²) in [6.45, 7) is 3.77. The normalized spacial score (nSPS) is 19.1. The van der Waals surface area contributed by atoms with Crippen molar-refractivity contribution in [2.75, 3.05) is 18.4 Å². The molecule has 0 unspecified atom stereocenters. The second-order valence-electron chi connectivity index (χ2n) is 5.18. The van der Waals surface area contributed by atoms with Gasteiger partial charge in [0.1, 0.15) is 5.52 Å². The number of aromatic nitrogens is 1. The zero-order chi connectivity index (χ0) is 13.9. The number of fused-ring (bicyclic) bond motifs is 1. The zero-order valence-electron chi connectivity index (χ0n) is 11.6. The van der Waals surface area contributed by atoms with E-state index in [9.17, 15) is 4.79 Å². The third-order valence-corrected chi connectivity index (χ3v) is 3.67. The number of benzene rings is 1. The standard InChI is InChI=1S/C15H19N3O2/c1-2-14-18-12-8-11(5-6-13(12)20-14)17-15(19)10-4-3-7-16-9-10/h5-6,8,10,16H,2-4,7,9H2,1H3,(H,17,19)/t10-/m1/s1. The predicted molar refractivity (Wildman–Crippen MR) is 77.6 cm³/mol. The Kier molecular flexibility index (Phi) is 3.69. The van der Waals surface area contributed by atoms with Gasteiger partial charge in [-0.2, -0.15) is 0 Å². The van der Waals surface area contributed by atoms with Crippen LogP contribution in [0.3, 0.4) is 0 Å². The molecule has 1 aromatic carbocycles. The van der Waals surface area contributed by atoms with E-state index in [0.29, 0.717) is 0 Å². The van der Waals surface area contributed by atoms with Gasteiger partial charge in [0.05, 0.1) is 5.92 Å². The van der Waals surface area contributed by atoms with Crippen molar-refractivity contribution in [2.45, 2.75) is 26.2 Å². The van der Waals surface area contributed by atoms with E-state index in [1.165, 1.54) is 0 Å². The summed E-state index contributed by atoms with van der Waals surface area (Å²) in [6.07, 6.45) is 2.77. The number of nitrogens with zero attached hydrogens (tertiary/aromatic N) is 1. The highest BCUT2D eigenvalue weighted by molar-refractivity contribution is 5.94. The number of hydrogen-bond donors (Lipinski definition) is 2. The van der Waals surface area contributed by atoms with Crippen LogP contribution in [0.2, 0.25) is 0 Å². The molecule has 1 atom stereocenters. The fourth-order valence-corrected chi connectivity index (χ4v) is 2.52. The van der Waals surface area contributed by atoms with Gasteiger partial charge in [-0.05, 0) is 37.6 Å². The van der Waals surface area contributed by atoms with Crippen LogP contribution in [0.5, 0.6) is 0 Å². The average Bonchev–Trinajstić information content (AvgIpc) is 2.90. The molecule has 1 aliphatic heterocycles. The number of nitrogens with one attached hydrogen (secondary N) is 2. The summed E-state index contributed by atoms with van der Waals surface area (Å²) < 4.78 is 5.56. The molecule has 0 aliphatic carbocycles. The molecular weight excluding hydrogens is 254 g/mol. The SMILES string of the molecule is CCc1nc2cc(NC(=O)[C@@H]3CCCNC3)ccc2o1. The quantitative estimate of drug-likeness (QED) is 0.900. The van der Waals surface area contributed by atoms with E-state index in [-0.39, 0.29) is 11.8 Å². The zero-order valence-corrected chi connectivity index (χ0v) is 11.6. The fraction of sp³-hybridized carbons (Fsp3) is 0.467. The summed E-state index contributed by atoms with van der Waals surface area (Å²) in [5, 5.41) is 6.22. The molecule has 1 aliphatic rings. The first kappa shape index (κ1) is 13.1. The van der Waals surface area contributed by atoms with E-state index < -0.39 is 0 Å². The minimum Gasteiger partial charge on any atom is -0.441 e. The molecule has 1 amide bonds. The van der Waals surface area contributed by atoms with Gasteiger partial charge >= 0.3 is 0 Å². The van der Waals surface area contributed by atoms with Gasteiger partial charge in [-0.1, -0.05) is 6.92 Å². The second-order valence-corrected chi connectivity index (χ2v) is 5.18. The molecular formula is C15H19N3O2. The molecule has 5 heteroatoms. The van der Waals surface area contributed by atoms with Gasteiger partial charge in [0, 0.05) is 18.7 Å². The molecule has 20 heavy (non-hydrogen) atoms. The molecule has 2 N–H and O–H groups in total. The number of oxazole rings is 1. The highest BCUT2D eigenvalue weighted by Gasteiger charge is 2.21. The summed E-state index contributed by atoms with van der Waals surface area (Å²) in [6, 6.07) is 5.59. The number of carbonyl (C=O) groups is 1. The second kappa shape index (κ2) is 5.63. The van der Waals surface area contributed by atoms with Crippen LogP contribution in [0.25, 0.3) is 11.1 Å². The van der Waals surface area contributed by atoms with Crippen molar-refractivity contribution in [1.29, 1.82) is 0 Å². The van der Waals surface area contributed by atoms with Crippen molar-refractivity contribution in [1.82, 2.24) is 10.3 Å². The van der Waals surface area contributed by atoms with E-state index in [1.54, 1.807) is 0 Å². The third-order valence-electron chi connectivity index (χ3n) is 3.67. The molecule has 1 fully saturated rings. The molecule has 1 aromatic heterocycles. The van der Waals surface area contributed by atoms with Crippen LogP contribution in [-0.2, 0) is 11.2 Å².